The zero-order valence-electron chi connectivity index (χ0n) is 17.2. The van der Waals surface area contributed by atoms with Crippen LogP contribution in [0.25, 0.3) is 6.08 Å². The molecule has 0 bridgehead atoms. The maximum absolute atomic E-state index is 13.5. The standard InChI is InChI=1S/C23H17BrFN3O5/c1-33-18-8-9-20(24)19(13-18)22(29)27-21(11-14-4-2-7-17(10-14)28(31)32)23(30)26-16-6-3-5-15(25)12-16/h2-13H,1H3,(H,26,30)(H,27,29). The minimum Gasteiger partial charge on any atom is -0.497 e. The van der Waals surface area contributed by atoms with Crippen molar-refractivity contribution in [3.05, 3.63) is 104 Å². The number of halogens is 2. The lowest BCUT2D eigenvalue weighted by Crippen LogP contribution is -2.31. The van der Waals surface area contributed by atoms with Gasteiger partial charge in [-0.1, -0.05) is 18.2 Å². The Labute approximate surface area is 196 Å². The van der Waals surface area contributed by atoms with Crippen LogP contribution in [0.5, 0.6) is 5.75 Å². The molecule has 0 unspecified atom stereocenters. The molecule has 0 radical (unpaired) electrons. The van der Waals surface area contributed by atoms with Gasteiger partial charge in [-0.2, -0.15) is 0 Å². The van der Waals surface area contributed by atoms with Crippen molar-refractivity contribution in [1.29, 1.82) is 0 Å². The number of hydrogen-bond acceptors (Lipinski definition) is 5. The van der Waals surface area contributed by atoms with Crippen LogP contribution in [0.3, 0.4) is 0 Å². The van der Waals surface area contributed by atoms with Crippen molar-refractivity contribution in [1.82, 2.24) is 5.32 Å². The predicted molar refractivity (Wildman–Crippen MR) is 124 cm³/mol. The SMILES string of the molecule is COc1ccc(Br)c(C(=O)NC(=Cc2cccc([N+](=O)[O-])c2)C(=O)Nc2cccc(F)c2)c1. The minimum atomic E-state index is -0.750. The number of benzene rings is 3. The second-order valence-corrected chi connectivity index (χ2v) is 7.53. The average Bonchev–Trinajstić information content (AvgIpc) is 2.79. The van der Waals surface area contributed by atoms with Crippen molar-refractivity contribution in [3.8, 4) is 5.75 Å². The monoisotopic (exact) mass is 513 g/mol. The molecule has 0 aliphatic heterocycles. The summed E-state index contributed by atoms with van der Waals surface area (Å²) in [4.78, 5) is 36.4. The summed E-state index contributed by atoms with van der Waals surface area (Å²) in [5.74, 6) is -1.51. The molecule has 3 rings (SSSR count). The molecular weight excluding hydrogens is 497 g/mol. The fraction of sp³-hybridized carbons (Fsp3) is 0.0435. The number of nitro groups is 1. The highest BCUT2D eigenvalue weighted by Crippen LogP contribution is 2.23. The van der Waals surface area contributed by atoms with Gasteiger partial charge in [-0.25, -0.2) is 4.39 Å². The Balaban J connectivity index is 1.97. The molecule has 0 aliphatic carbocycles. The van der Waals surface area contributed by atoms with Gasteiger partial charge in [-0.15, -0.1) is 0 Å². The lowest BCUT2D eigenvalue weighted by Gasteiger charge is -2.13. The summed E-state index contributed by atoms with van der Waals surface area (Å²) < 4.78 is 19.1. The van der Waals surface area contributed by atoms with Gasteiger partial charge >= 0.3 is 0 Å². The van der Waals surface area contributed by atoms with E-state index in [-0.39, 0.29) is 22.6 Å². The highest BCUT2D eigenvalue weighted by molar-refractivity contribution is 9.10. The smallest absolute Gasteiger partial charge is 0.272 e. The molecule has 3 aromatic carbocycles. The highest BCUT2D eigenvalue weighted by Gasteiger charge is 2.18. The number of amides is 2. The van der Waals surface area contributed by atoms with Crippen molar-refractivity contribution in [2.45, 2.75) is 0 Å². The summed E-state index contributed by atoms with van der Waals surface area (Å²) >= 11 is 3.29. The lowest BCUT2D eigenvalue weighted by molar-refractivity contribution is -0.384. The number of nitrogens with one attached hydrogen (secondary N) is 2. The lowest BCUT2D eigenvalue weighted by atomic mass is 10.1. The molecule has 0 aliphatic rings. The third kappa shape index (κ3) is 6.23. The van der Waals surface area contributed by atoms with Gasteiger partial charge in [-0.05, 0) is 64.0 Å². The van der Waals surface area contributed by atoms with Gasteiger partial charge in [0.15, 0.2) is 0 Å². The van der Waals surface area contributed by atoms with E-state index >= 15 is 0 Å². The summed E-state index contributed by atoms with van der Waals surface area (Å²) in [6.07, 6.45) is 1.29. The first-order valence-electron chi connectivity index (χ1n) is 9.45. The van der Waals surface area contributed by atoms with Gasteiger partial charge in [-0.3, -0.25) is 19.7 Å². The van der Waals surface area contributed by atoms with Crippen LogP contribution in [-0.2, 0) is 4.79 Å². The summed E-state index contributed by atoms with van der Waals surface area (Å²) in [6, 6.07) is 15.5. The molecule has 3 aromatic rings. The number of methoxy groups -OCH3 is 1. The first-order chi connectivity index (χ1) is 15.8. The van der Waals surface area contributed by atoms with Crippen LogP contribution < -0.4 is 15.4 Å². The van der Waals surface area contributed by atoms with Crippen molar-refractivity contribution in [2.75, 3.05) is 12.4 Å². The average molecular weight is 514 g/mol. The van der Waals surface area contributed by atoms with Crippen molar-refractivity contribution >= 4 is 45.2 Å². The molecule has 0 atom stereocenters. The van der Waals surface area contributed by atoms with Gasteiger partial charge in [0.1, 0.15) is 17.3 Å². The van der Waals surface area contributed by atoms with E-state index in [9.17, 15) is 24.1 Å². The van der Waals surface area contributed by atoms with Crippen LogP contribution in [0.1, 0.15) is 15.9 Å². The first-order valence-corrected chi connectivity index (χ1v) is 10.2. The van der Waals surface area contributed by atoms with Gasteiger partial charge in [0, 0.05) is 22.3 Å². The van der Waals surface area contributed by atoms with E-state index in [0.717, 1.165) is 6.07 Å². The third-order valence-corrected chi connectivity index (χ3v) is 5.08. The van der Waals surface area contributed by atoms with Crippen molar-refractivity contribution in [3.63, 3.8) is 0 Å². The van der Waals surface area contributed by atoms with Gasteiger partial charge in [0.2, 0.25) is 0 Å². The summed E-state index contributed by atoms with van der Waals surface area (Å²) in [5, 5.41) is 16.1. The third-order valence-electron chi connectivity index (χ3n) is 4.39. The molecule has 2 N–H and O–H groups in total. The topological polar surface area (TPSA) is 111 Å². The molecule has 0 fully saturated rings. The Morgan fingerprint density at radius 1 is 1.09 bits per heavy atom. The van der Waals surface area contributed by atoms with Crippen molar-refractivity contribution in [2.24, 2.45) is 0 Å². The minimum absolute atomic E-state index is 0.168. The Hall–Kier alpha value is -4.05. The molecule has 10 heteroatoms. The maximum atomic E-state index is 13.5. The largest absolute Gasteiger partial charge is 0.497 e. The van der Waals surface area contributed by atoms with Gasteiger partial charge in [0.25, 0.3) is 17.5 Å². The quantitative estimate of drug-likeness (QED) is 0.264. The maximum Gasteiger partial charge on any atom is 0.272 e. The number of anilines is 1. The van der Waals surface area contributed by atoms with Crippen LogP contribution in [0.2, 0.25) is 0 Å². The molecule has 168 valence electrons. The predicted octanol–water partition coefficient (Wildman–Crippen LogP) is 4.91. The molecule has 0 heterocycles. The second kappa shape index (κ2) is 10.5. The summed E-state index contributed by atoms with van der Waals surface area (Å²) in [7, 11) is 1.45. The molecule has 0 aromatic heterocycles. The van der Waals surface area contributed by atoms with E-state index in [4.69, 9.17) is 4.74 Å². The van der Waals surface area contributed by atoms with Crippen LogP contribution in [0, 0.1) is 15.9 Å². The van der Waals surface area contributed by atoms with Gasteiger partial charge in [0.05, 0.1) is 17.6 Å². The van der Waals surface area contributed by atoms with E-state index < -0.39 is 22.6 Å². The zero-order valence-corrected chi connectivity index (χ0v) is 18.8. The first kappa shape index (κ1) is 23.6. The van der Waals surface area contributed by atoms with E-state index in [1.54, 1.807) is 12.1 Å². The number of nitrogens with zero attached hydrogens (tertiary/aromatic N) is 1. The van der Waals surface area contributed by atoms with E-state index in [1.807, 2.05) is 0 Å². The molecule has 8 nitrogen and oxygen atoms in total. The number of hydrogen-bond donors (Lipinski definition) is 2. The van der Waals surface area contributed by atoms with Crippen molar-refractivity contribution < 1.29 is 23.6 Å². The number of carbonyl (C=O) groups excluding carboxylic acids is 2. The molecule has 0 saturated carbocycles. The fourth-order valence-electron chi connectivity index (χ4n) is 2.81. The summed E-state index contributed by atoms with van der Waals surface area (Å²) in [5.41, 5.74) is 0.271. The highest BCUT2D eigenvalue weighted by atomic mass is 79.9. The Bertz CT molecular complexity index is 1260. The summed E-state index contributed by atoms with van der Waals surface area (Å²) in [6.45, 7) is 0. The van der Waals surface area contributed by atoms with Crippen LogP contribution in [0.15, 0.2) is 76.9 Å². The van der Waals surface area contributed by atoms with Crippen LogP contribution in [-0.4, -0.2) is 23.8 Å². The number of carbonyl (C=O) groups is 2. The number of nitro benzene ring substituents is 1. The van der Waals surface area contributed by atoms with Gasteiger partial charge < -0.3 is 15.4 Å². The van der Waals surface area contributed by atoms with Crippen LogP contribution in [0.4, 0.5) is 15.8 Å². The molecule has 0 saturated heterocycles. The van der Waals surface area contributed by atoms with E-state index in [1.165, 1.54) is 61.7 Å². The van der Waals surface area contributed by atoms with E-state index in [0.29, 0.717) is 15.8 Å². The molecule has 2 amide bonds. The normalized spacial score (nSPS) is 10.9. The Kier molecular flexibility index (Phi) is 7.52. The number of ether oxygens (including phenoxy) is 1. The Morgan fingerprint density at radius 2 is 1.85 bits per heavy atom. The molecule has 33 heavy (non-hydrogen) atoms. The number of non-ortho nitro benzene ring substituents is 1. The zero-order chi connectivity index (χ0) is 24.0. The van der Waals surface area contributed by atoms with E-state index in [2.05, 4.69) is 26.6 Å². The second-order valence-electron chi connectivity index (χ2n) is 6.67. The molecular formula is C23H17BrFN3O5. The number of rotatable bonds is 7. The molecule has 0 spiro atoms. The Morgan fingerprint density at radius 3 is 2.55 bits per heavy atom. The fourth-order valence-corrected chi connectivity index (χ4v) is 3.24. The van der Waals surface area contributed by atoms with Crippen LogP contribution >= 0.6 is 15.9 Å².